The summed E-state index contributed by atoms with van der Waals surface area (Å²) >= 11 is 0. The molecule has 1 aromatic rings. The van der Waals surface area contributed by atoms with Crippen molar-refractivity contribution in [2.75, 3.05) is 19.6 Å². The van der Waals surface area contributed by atoms with E-state index in [-0.39, 0.29) is 24.5 Å². The van der Waals surface area contributed by atoms with E-state index in [1.807, 2.05) is 30.3 Å². The quantitative estimate of drug-likeness (QED) is 0.886. The summed E-state index contributed by atoms with van der Waals surface area (Å²) in [4.78, 5) is 25.4. The zero-order valence-corrected chi connectivity index (χ0v) is 11.2. The van der Waals surface area contributed by atoms with Crippen molar-refractivity contribution in [1.29, 1.82) is 0 Å². The van der Waals surface area contributed by atoms with E-state index < -0.39 is 0 Å². The summed E-state index contributed by atoms with van der Waals surface area (Å²) in [5.74, 6) is 0.379. The Labute approximate surface area is 117 Å². The largest absolute Gasteiger partial charge is 0.445 e. The SMILES string of the molecule is O=C1NC[C@@H]2CCN(C(=O)OCc3ccccc3)C[C@H]12. The van der Waals surface area contributed by atoms with Gasteiger partial charge in [0.2, 0.25) is 5.91 Å². The normalized spacial score (nSPS) is 25.0. The van der Waals surface area contributed by atoms with E-state index in [1.54, 1.807) is 4.90 Å². The molecule has 0 aliphatic carbocycles. The lowest BCUT2D eigenvalue weighted by Crippen LogP contribution is -2.44. The van der Waals surface area contributed by atoms with Gasteiger partial charge in [-0.3, -0.25) is 4.79 Å². The maximum absolute atomic E-state index is 12.0. The van der Waals surface area contributed by atoms with Crippen LogP contribution in [0.2, 0.25) is 0 Å². The molecule has 5 nitrogen and oxygen atoms in total. The van der Waals surface area contributed by atoms with Crippen molar-refractivity contribution in [1.82, 2.24) is 10.2 Å². The second-order valence-corrected chi connectivity index (χ2v) is 5.39. The van der Waals surface area contributed by atoms with Gasteiger partial charge >= 0.3 is 6.09 Å². The third kappa shape index (κ3) is 2.61. The van der Waals surface area contributed by atoms with Gasteiger partial charge in [-0.2, -0.15) is 0 Å². The number of carbonyl (C=O) groups excluding carboxylic acids is 2. The fourth-order valence-corrected chi connectivity index (χ4v) is 2.88. The van der Waals surface area contributed by atoms with Crippen molar-refractivity contribution in [2.45, 2.75) is 13.0 Å². The topological polar surface area (TPSA) is 58.6 Å². The first-order chi connectivity index (χ1) is 9.74. The maximum Gasteiger partial charge on any atom is 0.410 e. The first kappa shape index (κ1) is 13.0. The summed E-state index contributed by atoms with van der Waals surface area (Å²) in [5.41, 5.74) is 0.967. The minimum atomic E-state index is -0.327. The summed E-state index contributed by atoms with van der Waals surface area (Å²) in [5, 5.41) is 2.86. The molecule has 5 heteroatoms. The van der Waals surface area contributed by atoms with Crippen LogP contribution in [0.4, 0.5) is 4.79 Å². The second kappa shape index (κ2) is 5.53. The van der Waals surface area contributed by atoms with Crippen LogP contribution in [0.25, 0.3) is 0 Å². The molecule has 106 valence electrons. The van der Waals surface area contributed by atoms with E-state index in [2.05, 4.69) is 5.32 Å². The molecule has 1 aromatic carbocycles. The van der Waals surface area contributed by atoms with Crippen LogP contribution in [-0.2, 0) is 16.1 Å². The van der Waals surface area contributed by atoms with Crippen LogP contribution in [0.15, 0.2) is 30.3 Å². The van der Waals surface area contributed by atoms with Gasteiger partial charge in [-0.25, -0.2) is 4.79 Å². The molecule has 1 N–H and O–H groups in total. The van der Waals surface area contributed by atoms with Crippen LogP contribution in [0.5, 0.6) is 0 Å². The zero-order valence-electron chi connectivity index (χ0n) is 11.2. The van der Waals surface area contributed by atoms with Gasteiger partial charge in [-0.1, -0.05) is 30.3 Å². The lowest BCUT2D eigenvalue weighted by Gasteiger charge is -2.32. The molecule has 2 aliphatic rings. The van der Waals surface area contributed by atoms with Crippen LogP contribution in [0, 0.1) is 11.8 Å². The van der Waals surface area contributed by atoms with E-state index >= 15 is 0 Å². The Kier molecular flexibility index (Phi) is 3.58. The minimum Gasteiger partial charge on any atom is -0.445 e. The Morgan fingerprint density at radius 1 is 1.35 bits per heavy atom. The van der Waals surface area contributed by atoms with Gasteiger partial charge < -0.3 is 15.0 Å². The van der Waals surface area contributed by atoms with E-state index in [0.29, 0.717) is 19.0 Å². The maximum atomic E-state index is 12.0. The predicted octanol–water partition coefficient (Wildman–Crippen LogP) is 1.39. The summed E-state index contributed by atoms with van der Waals surface area (Å²) in [6.45, 7) is 2.17. The summed E-state index contributed by atoms with van der Waals surface area (Å²) in [6, 6.07) is 9.59. The van der Waals surface area contributed by atoms with Gasteiger partial charge in [0.05, 0.1) is 5.92 Å². The van der Waals surface area contributed by atoms with Gasteiger partial charge in [-0.05, 0) is 17.9 Å². The van der Waals surface area contributed by atoms with Gasteiger partial charge in [0.1, 0.15) is 6.61 Å². The molecule has 3 rings (SSSR count). The molecule has 0 aromatic heterocycles. The molecule has 0 radical (unpaired) electrons. The number of carbonyl (C=O) groups is 2. The van der Waals surface area contributed by atoms with Crippen LogP contribution in [0.3, 0.4) is 0 Å². The van der Waals surface area contributed by atoms with Crippen molar-refractivity contribution in [2.24, 2.45) is 11.8 Å². The Balaban J connectivity index is 1.54. The number of hydrogen-bond acceptors (Lipinski definition) is 3. The molecule has 20 heavy (non-hydrogen) atoms. The van der Waals surface area contributed by atoms with Gasteiger partial charge in [0.25, 0.3) is 0 Å². The monoisotopic (exact) mass is 274 g/mol. The molecule has 2 heterocycles. The highest BCUT2D eigenvalue weighted by Gasteiger charge is 2.40. The molecule has 2 fully saturated rings. The highest BCUT2D eigenvalue weighted by Crippen LogP contribution is 2.27. The van der Waals surface area contributed by atoms with E-state index in [0.717, 1.165) is 18.5 Å². The molecule has 0 saturated carbocycles. The Bertz CT molecular complexity index is 503. The van der Waals surface area contributed by atoms with Gasteiger partial charge in [0.15, 0.2) is 0 Å². The standard InChI is InChI=1S/C15H18N2O3/c18-14-13-9-17(7-6-12(13)8-16-14)15(19)20-10-11-4-2-1-3-5-11/h1-5,12-13H,6-10H2,(H,16,18)/t12-,13-/m0/s1. The van der Waals surface area contributed by atoms with Gasteiger partial charge in [0, 0.05) is 19.6 Å². The molecular formula is C15H18N2O3. The second-order valence-electron chi connectivity index (χ2n) is 5.39. The Morgan fingerprint density at radius 2 is 2.15 bits per heavy atom. The summed E-state index contributed by atoms with van der Waals surface area (Å²) in [7, 11) is 0. The molecule has 2 aliphatic heterocycles. The van der Waals surface area contributed by atoms with Crippen molar-refractivity contribution in [3.63, 3.8) is 0 Å². The molecular weight excluding hydrogens is 256 g/mol. The third-order valence-electron chi connectivity index (χ3n) is 4.09. The van der Waals surface area contributed by atoms with Crippen LogP contribution < -0.4 is 5.32 Å². The predicted molar refractivity (Wildman–Crippen MR) is 72.8 cm³/mol. The third-order valence-corrected chi connectivity index (χ3v) is 4.09. The van der Waals surface area contributed by atoms with E-state index in [9.17, 15) is 9.59 Å². The number of likely N-dealkylation sites (tertiary alicyclic amines) is 1. The smallest absolute Gasteiger partial charge is 0.410 e. The van der Waals surface area contributed by atoms with Crippen LogP contribution in [-0.4, -0.2) is 36.5 Å². The molecule has 2 saturated heterocycles. The lowest BCUT2D eigenvalue weighted by molar-refractivity contribution is -0.124. The van der Waals surface area contributed by atoms with E-state index in [1.165, 1.54) is 0 Å². The fraction of sp³-hybridized carbons (Fsp3) is 0.467. The fourth-order valence-electron chi connectivity index (χ4n) is 2.88. The number of amides is 2. The number of nitrogens with zero attached hydrogens (tertiary/aromatic N) is 1. The number of rotatable bonds is 2. The highest BCUT2D eigenvalue weighted by molar-refractivity contribution is 5.82. The number of benzene rings is 1. The lowest BCUT2D eigenvalue weighted by atomic mass is 9.88. The molecule has 2 atom stereocenters. The number of hydrogen-bond donors (Lipinski definition) is 1. The van der Waals surface area contributed by atoms with Crippen molar-refractivity contribution >= 4 is 12.0 Å². The minimum absolute atomic E-state index is 0.0620. The summed E-state index contributed by atoms with van der Waals surface area (Å²) in [6.07, 6.45) is 0.538. The Hall–Kier alpha value is -2.04. The average molecular weight is 274 g/mol. The molecule has 0 bridgehead atoms. The first-order valence-electron chi connectivity index (χ1n) is 6.97. The van der Waals surface area contributed by atoms with Crippen molar-refractivity contribution in [3.05, 3.63) is 35.9 Å². The molecule has 0 unspecified atom stereocenters. The highest BCUT2D eigenvalue weighted by atomic mass is 16.6. The van der Waals surface area contributed by atoms with Crippen molar-refractivity contribution < 1.29 is 14.3 Å². The van der Waals surface area contributed by atoms with Gasteiger partial charge in [-0.15, -0.1) is 0 Å². The number of fused-ring (bicyclic) bond motifs is 1. The molecule has 2 amide bonds. The van der Waals surface area contributed by atoms with E-state index in [4.69, 9.17) is 4.74 Å². The van der Waals surface area contributed by atoms with Crippen molar-refractivity contribution in [3.8, 4) is 0 Å². The van der Waals surface area contributed by atoms with Crippen LogP contribution in [0.1, 0.15) is 12.0 Å². The Morgan fingerprint density at radius 3 is 2.95 bits per heavy atom. The first-order valence-corrected chi connectivity index (χ1v) is 6.97. The van der Waals surface area contributed by atoms with Crippen LogP contribution >= 0.6 is 0 Å². The number of piperidine rings is 1. The average Bonchev–Trinajstić information content (AvgIpc) is 2.87. The summed E-state index contributed by atoms with van der Waals surface area (Å²) < 4.78 is 5.31. The number of nitrogens with one attached hydrogen (secondary N) is 1. The zero-order chi connectivity index (χ0) is 13.9. The molecule has 0 spiro atoms. The number of ether oxygens (including phenoxy) is 1.